The largest absolute Gasteiger partial charge is 0.344 e. The van der Waals surface area contributed by atoms with Crippen LogP contribution in [0, 0.1) is 0 Å². The standard InChI is InChI=1S/C19H30N6.C3H8/c20-17(11-15-3-1-2-8-22-15)19-23-12-18(24-19)14-4-6-16(7-5-14)25-10-9-21-13-25;1-3-2/h9-10,12-17,22H,1-8,11,20H2,(H,23,24);3H2,1-2H3/t14?,15?,16?,17-;/m0./s1. The number of imidazole rings is 2. The Morgan fingerprint density at radius 3 is 2.61 bits per heavy atom. The van der Waals surface area contributed by atoms with Gasteiger partial charge in [-0.3, -0.25) is 0 Å². The fourth-order valence-corrected chi connectivity index (χ4v) is 4.46. The molecule has 0 aromatic carbocycles. The van der Waals surface area contributed by atoms with Crippen molar-refractivity contribution in [2.24, 2.45) is 5.73 Å². The molecule has 3 heterocycles. The van der Waals surface area contributed by atoms with Crippen molar-refractivity contribution >= 4 is 0 Å². The highest BCUT2D eigenvalue weighted by molar-refractivity contribution is 5.11. The maximum absolute atomic E-state index is 6.41. The Morgan fingerprint density at radius 1 is 1.18 bits per heavy atom. The van der Waals surface area contributed by atoms with E-state index in [1.54, 1.807) is 0 Å². The van der Waals surface area contributed by atoms with Gasteiger partial charge in [0.2, 0.25) is 0 Å². The van der Waals surface area contributed by atoms with Crippen LogP contribution in [0.3, 0.4) is 0 Å². The molecule has 2 atom stereocenters. The second-order valence-corrected chi connectivity index (χ2v) is 8.44. The molecule has 4 N–H and O–H groups in total. The predicted octanol–water partition coefficient (Wildman–Crippen LogP) is 4.45. The molecule has 28 heavy (non-hydrogen) atoms. The van der Waals surface area contributed by atoms with E-state index in [2.05, 4.69) is 44.9 Å². The highest BCUT2D eigenvalue weighted by Gasteiger charge is 2.25. The summed E-state index contributed by atoms with van der Waals surface area (Å²) < 4.78 is 2.25. The van der Waals surface area contributed by atoms with Gasteiger partial charge in [-0.25, -0.2) is 9.97 Å². The first-order valence-corrected chi connectivity index (χ1v) is 11.2. The summed E-state index contributed by atoms with van der Waals surface area (Å²) in [5, 5.41) is 3.58. The molecular weight excluding hydrogens is 348 g/mol. The van der Waals surface area contributed by atoms with Gasteiger partial charge < -0.3 is 20.6 Å². The summed E-state index contributed by atoms with van der Waals surface area (Å²) in [4.78, 5) is 12.3. The van der Waals surface area contributed by atoms with Gasteiger partial charge in [-0.1, -0.05) is 26.7 Å². The predicted molar refractivity (Wildman–Crippen MR) is 114 cm³/mol. The first kappa shape index (κ1) is 21.1. The van der Waals surface area contributed by atoms with Gasteiger partial charge >= 0.3 is 0 Å². The van der Waals surface area contributed by atoms with E-state index >= 15 is 0 Å². The molecule has 1 saturated heterocycles. The highest BCUT2D eigenvalue weighted by Crippen LogP contribution is 2.37. The average Bonchev–Trinajstić information content (AvgIpc) is 3.42. The van der Waals surface area contributed by atoms with Crippen molar-refractivity contribution < 1.29 is 0 Å². The van der Waals surface area contributed by atoms with Crippen molar-refractivity contribution in [1.82, 2.24) is 24.8 Å². The van der Waals surface area contributed by atoms with Crippen molar-refractivity contribution in [2.75, 3.05) is 6.54 Å². The lowest BCUT2D eigenvalue weighted by Crippen LogP contribution is -2.36. The Bertz CT molecular complexity index is 650. The molecule has 6 heteroatoms. The molecule has 1 aliphatic heterocycles. The molecule has 2 aliphatic rings. The fourth-order valence-electron chi connectivity index (χ4n) is 4.46. The molecule has 2 aromatic rings. The van der Waals surface area contributed by atoms with Crippen LogP contribution in [0.15, 0.2) is 24.9 Å². The third kappa shape index (κ3) is 5.67. The van der Waals surface area contributed by atoms with E-state index in [-0.39, 0.29) is 6.04 Å². The van der Waals surface area contributed by atoms with Crippen LogP contribution in [-0.2, 0) is 0 Å². The molecule has 2 aromatic heterocycles. The first-order chi connectivity index (χ1) is 13.7. The van der Waals surface area contributed by atoms with Crippen molar-refractivity contribution in [3.63, 3.8) is 0 Å². The minimum Gasteiger partial charge on any atom is -0.344 e. The van der Waals surface area contributed by atoms with Crippen LogP contribution in [0.5, 0.6) is 0 Å². The quantitative estimate of drug-likeness (QED) is 0.708. The second-order valence-electron chi connectivity index (χ2n) is 8.44. The Kier molecular flexibility index (Phi) is 8.10. The molecule has 0 spiro atoms. The van der Waals surface area contributed by atoms with Crippen LogP contribution in [0.25, 0.3) is 0 Å². The topological polar surface area (TPSA) is 84.5 Å². The summed E-state index contributed by atoms with van der Waals surface area (Å²) in [5.41, 5.74) is 7.68. The molecule has 156 valence electrons. The third-order valence-electron chi connectivity index (χ3n) is 6.00. The number of nitrogens with one attached hydrogen (secondary N) is 2. The van der Waals surface area contributed by atoms with Gasteiger partial charge in [0.05, 0.1) is 12.4 Å². The summed E-state index contributed by atoms with van der Waals surface area (Å²) >= 11 is 0. The van der Waals surface area contributed by atoms with Crippen molar-refractivity contribution in [1.29, 1.82) is 0 Å². The van der Waals surface area contributed by atoms with E-state index in [1.165, 1.54) is 57.1 Å². The Balaban J connectivity index is 0.000000706. The Labute approximate surface area is 169 Å². The zero-order chi connectivity index (χ0) is 19.8. The van der Waals surface area contributed by atoms with Gasteiger partial charge in [0.1, 0.15) is 5.82 Å². The molecular formula is C22H38N6. The second kappa shape index (κ2) is 10.8. The molecule has 4 rings (SSSR count). The third-order valence-corrected chi connectivity index (χ3v) is 6.00. The number of piperidine rings is 1. The van der Waals surface area contributed by atoms with Crippen LogP contribution in [0.1, 0.15) is 101 Å². The number of hydrogen-bond donors (Lipinski definition) is 3. The number of nitrogens with zero attached hydrogens (tertiary/aromatic N) is 3. The molecule has 2 fully saturated rings. The fraction of sp³-hybridized carbons (Fsp3) is 0.727. The normalized spacial score (nSPS) is 26.3. The van der Waals surface area contributed by atoms with Crippen LogP contribution in [0.4, 0.5) is 0 Å². The van der Waals surface area contributed by atoms with E-state index < -0.39 is 0 Å². The number of aromatic nitrogens is 4. The van der Waals surface area contributed by atoms with E-state index in [9.17, 15) is 0 Å². The molecule has 1 unspecified atom stereocenters. The Hall–Kier alpha value is -1.66. The van der Waals surface area contributed by atoms with Crippen LogP contribution in [-0.4, -0.2) is 32.1 Å². The Morgan fingerprint density at radius 2 is 1.96 bits per heavy atom. The first-order valence-electron chi connectivity index (χ1n) is 11.2. The lowest BCUT2D eigenvalue weighted by molar-refractivity contribution is 0.320. The molecule has 6 nitrogen and oxygen atoms in total. The van der Waals surface area contributed by atoms with E-state index in [0.717, 1.165) is 18.8 Å². The van der Waals surface area contributed by atoms with E-state index in [1.807, 2.05) is 18.7 Å². The number of H-pyrrole nitrogens is 1. The van der Waals surface area contributed by atoms with Crippen LogP contribution < -0.4 is 11.1 Å². The van der Waals surface area contributed by atoms with Gasteiger partial charge in [0.15, 0.2) is 0 Å². The van der Waals surface area contributed by atoms with Gasteiger partial charge in [-0.2, -0.15) is 0 Å². The average molecular weight is 387 g/mol. The molecule has 0 amide bonds. The molecule has 1 saturated carbocycles. The summed E-state index contributed by atoms with van der Waals surface area (Å²) in [6.45, 7) is 5.38. The number of hydrogen-bond acceptors (Lipinski definition) is 4. The highest BCUT2D eigenvalue weighted by atomic mass is 15.1. The number of rotatable bonds is 5. The smallest absolute Gasteiger partial charge is 0.123 e. The van der Waals surface area contributed by atoms with Gasteiger partial charge in [0, 0.05) is 42.3 Å². The van der Waals surface area contributed by atoms with E-state index in [4.69, 9.17) is 5.73 Å². The van der Waals surface area contributed by atoms with Crippen LogP contribution >= 0.6 is 0 Å². The zero-order valence-electron chi connectivity index (χ0n) is 17.6. The minimum atomic E-state index is 0.00615. The summed E-state index contributed by atoms with van der Waals surface area (Å²) in [6.07, 6.45) is 18.8. The maximum atomic E-state index is 6.41. The van der Waals surface area contributed by atoms with Gasteiger partial charge in [-0.15, -0.1) is 0 Å². The maximum Gasteiger partial charge on any atom is 0.123 e. The monoisotopic (exact) mass is 386 g/mol. The molecule has 0 bridgehead atoms. The summed E-state index contributed by atoms with van der Waals surface area (Å²) in [6, 6.07) is 1.15. The summed E-state index contributed by atoms with van der Waals surface area (Å²) in [5.74, 6) is 1.54. The molecule has 1 aliphatic carbocycles. The lowest BCUT2D eigenvalue weighted by Gasteiger charge is -2.28. The minimum absolute atomic E-state index is 0.00615. The molecule has 0 radical (unpaired) electrons. The van der Waals surface area contributed by atoms with E-state index in [0.29, 0.717) is 18.0 Å². The number of aromatic amines is 1. The number of nitrogens with two attached hydrogens (primary N) is 1. The summed E-state index contributed by atoms with van der Waals surface area (Å²) in [7, 11) is 0. The van der Waals surface area contributed by atoms with Crippen molar-refractivity contribution in [3.8, 4) is 0 Å². The van der Waals surface area contributed by atoms with Gasteiger partial charge in [-0.05, 0) is 51.5 Å². The van der Waals surface area contributed by atoms with Crippen molar-refractivity contribution in [2.45, 2.75) is 95.7 Å². The lowest BCUT2D eigenvalue weighted by atomic mass is 9.84. The zero-order valence-corrected chi connectivity index (χ0v) is 17.6. The van der Waals surface area contributed by atoms with Gasteiger partial charge in [0.25, 0.3) is 0 Å². The van der Waals surface area contributed by atoms with Crippen LogP contribution in [0.2, 0.25) is 0 Å². The SMILES string of the molecule is CCC.N[C@@H](CC1CCCCN1)c1ncc(C2CCC(n3ccnc3)CC2)[nH]1. The van der Waals surface area contributed by atoms with Crippen molar-refractivity contribution in [3.05, 3.63) is 36.4 Å².